The number of guanidine groups is 1. The molecule has 0 aromatic heterocycles. The monoisotopic (exact) mass is 517 g/mol. The van der Waals surface area contributed by atoms with Crippen LogP contribution in [0.3, 0.4) is 0 Å². The zero-order chi connectivity index (χ0) is 20.2. The van der Waals surface area contributed by atoms with Crippen molar-refractivity contribution >= 4 is 29.9 Å². The van der Waals surface area contributed by atoms with Gasteiger partial charge >= 0.3 is 0 Å². The van der Waals surface area contributed by atoms with Crippen molar-refractivity contribution in [1.82, 2.24) is 20.4 Å². The minimum atomic E-state index is 0. The Morgan fingerprint density at radius 2 is 1.76 bits per heavy atom. The topological polar surface area (TPSA) is 52.1 Å². The van der Waals surface area contributed by atoms with Gasteiger partial charge in [0.25, 0.3) is 0 Å². The number of hydrogen-bond acceptors (Lipinski definition) is 4. The minimum absolute atomic E-state index is 0. The molecule has 7 heteroatoms. The maximum Gasteiger partial charge on any atom is 0.191 e. The zero-order valence-corrected chi connectivity index (χ0v) is 20.9. The third-order valence-corrected chi connectivity index (χ3v) is 5.37. The van der Waals surface area contributed by atoms with Crippen molar-refractivity contribution in [2.75, 3.05) is 52.5 Å². The number of ether oxygens (including phenoxy) is 1. The molecule has 1 atom stereocenters. The average Bonchev–Trinajstić information content (AvgIpc) is 2.72. The third kappa shape index (κ3) is 9.19. The summed E-state index contributed by atoms with van der Waals surface area (Å²) in [5, 5.41) is 6.89. The number of morpholine rings is 1. The fraction of sp³-hybridized carbons (Fsp3) is 0.682. The third-order valence-electron chi connectivity index (χ3n) is 5.37. The number of rotatable bonds is 10. The number of hydrogen-bond donors (Lipinski definition) is 2. The van der Waals surface area contributed by atoms with Gasteiger partial charge in [-0.25, -0.2) is 4.99 Å². The van der Waals surface area contributed by atoms with Crippen LogP contribution >= 0.6 is 24.0 Å². The van der Waals surface area contributed by atoms with Gasteiger partial charge in [-0.05, 0) is 38.1 Å². The Morgan fingerprint density at radius 3 is 2.38 bits per heavy atom. The summed E-state index contributed by atoms with van der Waals surface area (Å²) < 4.78 is 5.47. The van der Waals surface area contributed by atoms with Crippen LogP contribution in [0.5, 0.6) is 0 Å². The number of benzene rings is 1. The quantitative estimate of drug-likeness (QED) is 0.284. The summed E-state index contributed by atoms with van der Waals surface area (Å²) in [6.07, 6.45) is 0. The van der Waals surface area contributed by atoms with Crippen molar-refractivity contribution in [3.05, 3.63) is 35.4 Å². The van der Waals surface area contributed by atoms with Crippen LogP contribution in [0, 0.1) is 0 Å². The van der Waals surface area contributed by atoms with E-state index < -0.39 is 0 Å². The van der Waals surface area contributed by atoms with Crippen molar-refractivity contribution in [3.8, 4) is 0 Å². The van der Waals surface area contributed by atoms with E-state index in [-0.39, 0.29) is 24.0 Å². The van der Waals surface area contributed by atoms with E-state index >= 15 is 0 Å². The molecule has 0 bridgehead atoms. The lowest BCUT2D eigenvalue weighted by Crippen LogP contribution is -2.46. The van der Waals surface area contributed by atoms with Gasteiger partial charge in [0.2, 0.25) is 0 Å². The van der Waals surface area contributed by atoms with Gasteiger partial charge in [0, 0.05) is 38.8 Å². The highest BCUT2D eigenvalue weighted by molar-refractivity contribution is 14.0. The zero-order valence-electron chi connectivity index (χ0n) is 18.6. The van der Waals surface area contributed by atoms with E-state index in [4.69, 9.17) is 9.73 Å². The van der Waals surface area contributed by atoms with Gasteiger partial charge in [-0.1, -0.05) is 38.1 Å². The van der Waals surface area contributed by atoms with Crippen LogP contribution in [-0.2, 0) is 17.8 Å². The van der Waals surface area contributed by atoms with Gasteiger partial charge in [0.1, 0.15) is 0 Å². The molecular weight excluding hydrogens is 477 g/mol. The van der Waals surface area contributed by atoms with Crippen LogP contribution in [0.2, 0.25) is 0 Å². The summed E-state index contributed by atoms with van der Waals surface area (Å²) in [5.41, 5.74) is 2.66. The smallest absolute Gasteiger partial charge is 0.191 e. The lowest BCUT2D eigenvalue weighted by Gasteiger charge is -2.27. The SMILES string of the molecule is CCNC(=NCc1ccccc1CN1CCOCC1)NCC(C)N(CC)CC.I. The van der Waals surface area contributed by atoms with Crippen LogP contribution in [0.25, 0.3) is 0 Å². The molecular formula is C22H40IN5O. The predicted molar refractivity (Wildman–Crippen MR) is 133 cm³/mol. The van der Waals surface area contributed by atoms with Crippen molar-refractivity contribution in [2.45, 2.75) is 46.8 Å². The maximum absolute atomic E-state index is 5.47. The number of likely N-dealkylation sites (N-methyl/N-ethyl adjacent to an activating group) is 1. The Kier molecular flexibility index (Phi) is 13.5. The van der Waals surface area contributed by atoms with E-state index in [1.165, 1.54) is 11.1 Å². The van der Waals surface area contributed by atoms with Gasteiger partial charge < -0.3 is 15.4 Å². The highest BCUT2D eigenvalue weighted by atomic mass is 127. The molecule has 1 aliphatic heterocycles. The number of nitrogens with one attached hydrogen (secondary N) is 2. The van der Waals surface area contributed by atoms with Crippen LogP contribution in [0.15, 0.2) is 29.3 Å². The van der Waals surface area contributed by atoms with Crippen LogP contribution in [0.4, 0.5) is 0 Å². The molecule has 0 radical (unpaired) electrons. The molecule has 1 fully saturated rings. The van der Waals surface area contributed by atoms with Crippen LogP contribution in [-0.4, -0.2) is 74.3 Å². The summed E-state index contributed by atoms with van der Waals surface area (Å²) >= 11 is 0. The molecule has 1 saturated heterocycles. The number of halogens is 1. The van der Waals surface area contributed by atoms with E-state index in [1.807, 2.05) is 0 Å². The van der Waals surface area contributed by atoms with E-state index in [1.54, 1.807) is 0 Å². The minimum Gasteiger partial charge on any atom is -0.379 e. The van der Waals surface area contributed by atoms with E-state index in [0.29, 0.717) is 12.6 Å². The van der Waals surface area contributed by atoms with E-state index in [2.05, 4.69) is 72.4 Å². The predicted octanol–water partition coefficient (Wildman–Crippen LogP) is 2.92. The second-order valence-electron chi connectivity index (χ2n) is 7.30. The molecule has 0 spiro atoms. The van der Waals surface area contributed by atoms with Gasteiger partial charge in [-0.2, -0.15) is 0 Å². The first-order valence-electron chi connectivity index (χ1n) is 10.8. The molecule has 0 amide bonds. The highest BCUT2D eigenvalue weighted by Gasteiger charge is 2.13. The van der Waals surface area contributed by atoms with E-state index in [0.717, 1.165) is 65.0 Å². The molecule has 1 aromatic rings. The van der Waals surface area contributed by atoms with Crippen molar-refractivity contribution < 1.29 is 4.74 Å². The molecule has 2 N–H and O–H groups in total. The summed E-state index contributed by atoms with van der Waals surface area (Å²) in [5.74, 6) is 0.891. The lowest BCUT2D eigenvalue weighted by molar-refractivity contribution is 0.0341. The molecule has 1 heterocycles. The van der Waals surface area contributed by atoms with E-state index in [9.17, 15) is 0 Å². The molecule has 1 aromatic carbocycles. The normalized spacial score (nSPS) is 16.4. The molecule has 6 nitrogen and oxygen atoms in total. The Balaban J connectivity index is 0.00000420. The van der Waals surface area contributed by atoms with Crippen molar-refractivity contribution in [3.63, 3.8) is 0 Å². The highest BCUT2D eigenvalue weighted by Crippen LogP contribution is 2.14. The molecule has 29 heavy (non-hydrogen) atoms. The average molecular weight is 518 g/mol. The summed E-state index contributed by atoms with van der Waals surface area (Å²) in [7, 11) is 0. The van der Waals surface area contributed by atoms with Crippen LogP contribution in [0.1, 0.15) is 38.8 Å². The Bertz CT molecular complexity index is 588. The van der Waals surface area contributed by atoms with Crippen LogP contribution < -0.4 is 10.6 Å². The van der Waals surface area contributed by atoms with Gasteiger partial charge in [-0.3, -0.25) is 9.80 Å². The Labute approximate surface area is 194 Å². The number of aliphatic imine (C=N–C) groups is 1. The van der Waals surface area contributed by atoms with Gasteiger partial charge in [0.15, 0.2) is 5.96 Å². The first-order valence-corrected chi connectivity index (χ1v) is 10.8. The Hall–Kier alpha value is -0.900. The molecule has 1 aliphatic rings. The summed E-state index contributed by atoms with van der Waals surface area (Å²) in [4.78, 5) is 9.77. The molecule has 0 saturated carbocycles. The second kappa shape index (κ2) is 15.0. The maximum atomic E-state index is 5.47. The molecule has 1 unspecified atom stereocenters. The molecule has 2 rings (SSSR count). The number of nitrogens with zero attached hydrogens (tertiary/aromatic N) is 3. The largest absolute Gasteiger partial charge is 0.379 e. The second-order valence-corrected chi connectivity index (χ2v) is 7.30. The lowest BCUT2D eigenvalue weighted by atomic mass is 10.1. The van der Waals surface area contributed by atoms with Crippen molar-refractivity contribution in [2.24, 2.45) is 4.99 Å². The summed E-state index contributed by atoms with van der Waals surface area (Å²) in [6.45, 7) is 18.0. The van der Waals surface area contributed by atoms with Crippen molar-refractivity contribution in [1.29, 1.82) is 0 Å². The Morgan fingerprint density at radius 1 is 1.10 bits per heavy atom. The molecule has 0 aliphatic carbocycles. The first kappa shape index (κ1) is 26.1. The summed E-state index contributed by atoms with van der Waals surface area (Å²) in [6, 6.07) is 9.13. The molecule has 166 valence electrons. The standard InChI is InChI=1S/C22H39N5O.HI/c1-5-23-22(24-16-19(4)27(6-2)7-3)25-17-20-10-8-9-11-21(20)18-26-12-14-28-15-13-26;/h8-11,19H,5-7,12-18H2,1-4H3,(H2,23,24,25);1H. The first-order chi connectivity index (χ1) is 13.7. The van der Waals surface area contributed by atoms with Gasteiger partial charge in [0.05, 0.1) is 19.8 Å². The van der Waals surface area contributed by atoms with Gasteiger partial charge in [-0.15, -0.1) is 24.0 Å². The fourth-order valence-corrected chi connectivity index (χ4v) is 3.59. The fourth-order valence-electron chi connectivity index (χ4n) is 3.59.